The SMILES string of the molecule is Cc1ccc2sc(N3CCCCC3C(=O)O)nc2c1C. The van der Waals surface area contributed by atoms with Gasteiger partial charge in [-0.2, -0.15) is 0 Å². The summed E-state index contributed by atoms with van der Waals surface area (Å²) >= 11 is 1.60. The van der Waals surface area contributed by atoms with E-state index < -0.39 is 12.0 Å². The highest BCUT2D eigenvalue weighted by Crippen LogP contribution is 2.34. The van der Waals surface area contributed by atoms with Gasteiger partial charge in [-0.25, -0.2) is 9.78 Å². The summed E-state index contributed by atoms with van der Waals surface area (Å²) in [5, 5.41) is 10.2. The van der Waals surface area contributed by atoms with Crippen molar-refractivity contribution in [2.45, 2.75) is 39.2 Å². The first-order chi connectivity index (χ1) is 9.58. The van der Waals surface area contributed by atoms with Gasteiger partial charge in [-0.15, -0.1) is 0 Å². The first-order valence-corrected chi connectivity index (χ1v) is 7.76. The van der Waals surface area contributed by atoms with Crippen molar-refractivity contribution in [3.8, 4) is 0 Å². The number of thiazole rings is 1. The van der Waals surface area contributed by atoms with Crippen molar-refractivity contribution >= 4 is 32.7 Å². The van der Waals surface area contributed by atoms with Crippen molar-refractivity contribution in [1.29, 1.82) is 0 Å². The van der Waals surface area contributed by atoms with Crippen LogP contribution in [-0.4, -0.2) is 28.6 Å². The fourth-order valence-electron chi connectivity index (χ4n) is 2.75. The fourth-order valence-corrected chi connectivity index (χ4v) is 3.86. The maximum Gasteiger partial charge on any atom is 0.326 e. The number of aryl methyl sites for hydroxylation is 2. The van der Waals surface area contributed by atoms with Gasteiger partial charge in [0.2, 0.25) is 0 Å². The molecule has 3 rings (SSSR count). The molecule has 106 valence electrons. The Morgan fingerprint density at radius 3 is 2.95 bits per heavy atom. The molecule has 5 heteroatoms. The summed E-state index contributed by atoms with van der Waals surface area (Å²) in [5.41, 5.74) is 3.43. The molecular weight excluding hydrogens is 272 g/mol. The monoisotopic (exact) mass is 290 g/mol. The predicted molar refractivity (Wildman–Crippen MR) is 81.7 cm³/mol. The zero-order chi connectivity index (χ0) is 14.3. The van der Waals surface area contributed by atoms with Gasteiger partial charge in [0.25, 0.3) is 0 Å². The molecule has 1 aromatic heterocycles. The number of carbonyl (C=O) groups is 1. The van der Waals surface area contributed by atoms with Crippen LogP contribution in [0.3, 0.4) is 0 Å². The van der Waals surface area contributed by atoms with Crippen LogP contribution >= 0.6 is 11.3 Å². The number of hydrogen-bond acceptors (Lipinski definition) is 4. The van der Waals surface area contributed by atoms with E-state index in [1.54, 1.807) is 11.3 Å². The molecule has 1 unspecified atom stereocenters. The average Bonchev–Trinajstić information content (AvgIpc) is 2.88. The lowest BCUT2D eigenvalue weighted by molar-refractivity contribution is -0.139. The molecule has 0 saturated carbocycles. The molecule has 1 saturated heterocycles. The summed E-state index contributed by atoms with van der Waals surface area (Å²) in [6, 6.07) is 3.76. The highest BCUT2D eigenvalue weighted by atomic mass is 32.1. The number of hydrogen-bond donors (Lipinski definition) is 1. The van der Waals surface area contributed by atoms with Crippen LogP contribution < -0.4 is 4.90 Å². The Morgan fingerprint density at radius 1 is 1.40 bits per heavy atom. The predicted octanol–water partition coefficient (Wildman–Crippen LogP) is 3.36. The van der Waals surface area contributed by atoms with E-state index in [4.69, 9.17) is 4.98 Å². The largest absolute Gasteiger partial charge is 0.480 e. The molecule has 0 bridgehead atoms. The Balaban J connectivity index is 2.05. The number of carboxylic acid groups (broad SMARTS) is 1. The molecule has 2 heterocycles. The lowest BCUT2D eigenvalue weighted by Crippen LogP contribution is -2.44. The molecule has 1 aliphatic heterocycles. The quantitative estimate of drug-likeness (QED) is 0.921. The zero-order valence-electron chi connectivity index (χ0n) is 11.7. The number of aliphatic carboxylic acids is 1. The van der Waals surface area contributed by atoms with Gasteiger partial charge in [-0.05, 0) is 50.3 Å². The molecule has 0 amide bonds. The topological polar surface area (TPSA) is 53.4 Å². The van der Waals surface area contributed by atoms with Crippen molar-refractivity contribution < 1.29 is 9.90 Å². The molecule has 1 N–H and O–H groups in total. The van der Waals surface area contributed by atoms with Crippen LogP contribution in [0.25, 0.3) is 10.2 Å². The minimum absolute atomic E-state index is 0.425. The third-order valence-electron chi connectivity index (χ3n) is 4.11. The maximum atomic E-state index is 11.4. The van der Waals surface area contributed by atoms with Crippen LogP contribution in [0, 0.1) is 13.8 Å². The Hall–Kier alpha value is -1.62. The summed E-state index contributed by atoms with van der Waals surface area (Å²) in [6.45, 7) is 4.94. The number of anilines is 1. The van der Waals surface area contributed by atoms with E-state index in [1.807, 2.05) is 4.90 Å². The minimum Gasteiger partial charge on any atom is -0.480 e. The molecule has 0 aliphatic carbocycles. The van der Waals surface area contributed by atoms with Crippen LogP contribution in [0.15, 0.2) is 12.1 Å². The van der Waals surface area contributed by atoms with E-state index in [0.29, 0.717) is 6.42 Å². The van der Waals surface area contributed by atoms with Gasteiger partial charge in [0.15, 0.2) is 5.13 Å². The Bertz CT molecular complexity index is 665. The van der Waals surface area contributed by atoms with Crippen molar-refractivity contribution in [3.05, 3.63) is 23.3 Å². The van der Waals surface area contributed by atoms with Crippen LogP contribution in [0.2, 0.25) is 0 Å². The lowest BCUT2D eigenvalue weighted by atomic mass is 10.0. The molecule has 0 radical (unpaired) electrons. The van der Waals surface area contributed by atoms with Gasteiger partial charge in [-0.3, -0.25) is 0 Å². The molecule has 1 aliphatic rings. The molecule has 4 nitrogen and oxygen atoms in total. The molecule has 1 aromatic carbocycles. The first-order valence-electron chi connectivity index (χ1n) is 6.94. The molecule has 0 spiro atoms. The summed E-state index contributed by atoms with van der Waals surface area (Å²) < 4.78 is 1.14. The van der Waals surface area contributed by atoms with E-state index in [2.05, 4.69) is 26.0 Å². The smallest absolute Gasteiger partial charge is 0.326 e. The Kier molecular flexibility index (Phi) is 3.38. The van der Waals surface area contributed by atoms with E-state index in [0.717, 1.165) is 34.7 Å². The highest BCUT2D eigenvalue weighted by molar-refractivity contribution is 7.22. The van der Waals surface area contributed by atoms with E-state index in [-0.39, 0.29) is 0 Å². The number of carboxylic acids is 1. The van der Waals surface area contributed by atoms with Crippen molar-refractivity contribution in [1.82, 2.24) is 4.98 Å². The zero-order valence-corrected chi connectivity index (χ0v) is 12.5. The van der Waals surface area contributed by atoms with Gasteiger partial charge in [-0.1, -0.05) is 17.4 Å². The van der Waals surface area contributed by atoms with Crippen LogP contribution in [0.1, 0.15) is 30.4 Å². The molecule has 1 fully saturated rings. The Labute approximate surface area is 122 Å². The minimum atomic E-state index is -0.739. The number of aromatic nitrogens is 1. The number of fused-ring (bicyclic) bond motifs is 1. The maximum absolute atomic E-state index is 11.4. The van der Waals surface area contributed by atoms with Gasteiger partial charge in [0.1, 0.15) is 6.04 Å². The number of piperidine rings is 1. The van der Waals surface area contributed by atoms with Gasteiger partial charge < -0.3 is 10.0 Å². The second kappa shape index (κ2) is 5.05. The van der Waals surface area contributed by atoms with Gasteiger partial charge in [0, 0.05) is 6.54 Å². The average molecular weight is 290 g/mol. The highest BCUT2D eigenvalue weighted by Gasteiger charge is 2.30. The normalized spacial score (nSPS) is 19.5. The second-order valence-corrected chi connectivity index (χ2v) is 6.40. The number of benzene rings is 1. The summed E-state index contributed by atoms with van der Waals surface area (Å²) in [5.74, 6) is -0.739. The third-order valence-corrected chi connectivity index (χ3v) is 5.16. The van der Waals surface area contributed by atoms with Crippen LogP contribution in [0.4, 0.5) is 5.13 Å². The fraction of sp³-hybridized carbons (Fsp3) is 0.467. The molecule has 2 aromatic rings. The first kappa shape index (κ1) is 13.4. The van der Waals surface area contributed by atoms with Crippen molar-refractivity contribution in [2.75, 3.05) is 11.4 Å². The van der Waals surface area contributed by atoms with Gasteiger partial charge in [0.05, 0.1) is 10.2 Å². The lowest BCUT2D eigenvalue weighted by Gasteiger charge is -2.32. The summed E-state index contributed by atoms with van der Waals surface area (Å²) in [6.07, 6.45) is 2.73. The van der Waals surface area contributed by atoms with E-state index in [9.17, 15) is 9.90 Å². The van der Waals surface area contributed by atoms with E-state index in [1.165, 1.54) is 11.1 Å². The number of nitrogens with zero attached hydrogens (tertiary/aromatic N) is 2. The standard InChI is InChI=1S/C15H18N2O2S/c1-9-6-7-12-13(10(9)2)16-15(20-12)17-8-4-3-5-11(17)14(18)19/h6-7,11H,3-5,8H2,1-2H3,(H,18,19). The summed E-state index contributed by atoms with van der Waals surface area (Å²) in [4.78, 5) is 18.1. The third kappa shape index (κ3) is 2.16. The molecule has 20 heavy (non-hydrogen) atoms. The van der Waals surface area contributed by atoms with E-state index >= 15 is 0 Å². The molecular formula is C15H18N2O2S. The van der Waals surface area contributed by atoms with Gasteiger partial charge >= 0.3 is 5.97 Å². The molecule has 1 atom stereocenters. The van der Waals surface area contributed by atoms with Crippen LogP contribution in [0.5, 0.6) is 0 Å². The summed E-state index contributed by atoms with van der Waals surface area (Å²) in [7, 11) is 0. The van der Waals surface area contributed by atoms with Crippen LogP contribution in [-0.2, 0) is 4.79 Å². The van der Waals surface area contributed by atoms with Crippen molar-refractivity contribution in [3.63, 3.8) is 0 Å². The van der Waals surface area contributed by atoms with Crippen molar-refractivity contribution in [2.24, 2.45) is 0 Å². The number of rotatable bonds is 2. The second-order valence-electron chi connectivity index (χ2n) is 5.39. The Morgan fingerprint density at radius 2 is 2.20 bits per heavy atom.